The lowest BCUT2D eigenvalue weighted by molar-refractivity contribution is -0.120. The molecule has 2 rings (SSSR count). The molecule has 4 nitrogen and oxygen atoms in total. The van der Waals surface area contributed by atoms with Crippen molar-refractivity contribution >= 4 is 40.8 Å². The first-order valence-electron chi connectivity index (χ1n) is 4.38. The third kappa shape index (κ3) is 1.70. The second-order valence-corrected chi connectivity index (χ2v) is 4.11. The molecule has 1 aromatic rings. The van der Waals surface area contributed by atoms with Gasteiger partial charge in [0.15, 0.2) is 5.82 Å². The molecule has 16 heavy (non-hydrogen) atoms. The van der Waals surface area contributed by atoms with Crippen LogP contribution < -0.4 is 4.90 Å². The molecular weight excluding hydrogens is 251 g/mol. The maximum absolute atomic E-state index is 11.7. The molecule has 0 unspecified atom stereocenters. The topological polar surface area (TPSA) is 50.3 Å². The molecule has 1 aromatic heterocycles. The third-order valence-corrected chi connectivity index (χ3v) is 2.59. The van der Waals surface area contributed by atoms with Crippen molar-refractivity contribution in [1.82, 2.24) is 4.98 Å². The van der Waals surface area contributed by atoms with Crippen molar-refractivity contribution in [2.24, 2.45) is 0 Å². The number of aromatic nitrogens is 1. The Bertz CT molecular complexity index is 526. The molecule has 2 heterocycles. The highest BCUT2D eigenvalue weighted by molar-refractivity contribution is 6.39. The summed E-state index contributed by atoms with van der Waals surface area (Å²) in [4.78, 5) is 28.0. The fourth-order valence-corrected chi connectivity index (χ4v) is 1.83. The van der Waals surface area contributed by atoms with Gasteiger partial charge in [-0.25, -0.2) is 9.88 Å². The van der Waals surface area contributed by atoms with Crippen LogP contribution in [0.2, 0.25) is 10.0 Å². The van der Waals surface area contributed by atoms with Crippen LogP contribution in [0.15, 0.2) is 23.9 Å². The molecule has 0 spiro atoms. The predicted molar refractivity (Wildman–Crippen MR) is 60.5 cm³/mol. The van der Waals surface area contributed by atoms with Crippen LogP contribution in [0.25, 0.3) is 0 Å². The van der Waals surface area contributed by atoms with Gasteiger partial charge in [-0.05, 0) is 13.0 Å². The van der Waals surface area contributed by atoms with E-state index in [9.17, 15) is 9.59 Å². The summed E-state index contributed by atoms with van der Waals surface area (Å²) in [5.41, 5.74) is 0.359. The average Bonchev–Trinajstić information content (AvgIpc) is 2.43. The number of pyridine rings is 1. The highest BCUT2D eigenvalue weighted by Gasteiger charge is 2.32. The van der Waals surface area contributed by atoms with E-state index >= 15 is 0 Å². The van der Waals surface area contributed by atoms with E-state index < -0.39 is 11.8 Å². The summed E-state index contributed by atoms with van der Waals surface area (Å²) in [6, 6.07) is 1.43. The summed E-state index contributed by atoms with van der Waals surface area (Å²) < 4.78 is 0. The van der Waals surface area contributed by atoms with Crippen molar-refractivity contribution < 1.29 is 9.59 Å². The van der Waals surface area contributed by atoms with E-state index in [1.54, 1.807) is 6.92 Å². The number of anilines is 1. The fraction of sp³-hybridized carbons (Fsp3) is 0.100. The van der Waals surface area contributed by atoms with Crippen LogP contribution in [-0.4, -0.2) is 16.8 Å². The van der Waals surface area contributed by atoms with Gasteiger partial charge < -0.3 is 0 Å². The summed E-state index contributed by atoms with van der Waals surface area (Å²) in [5, 5.41) is 0.509. The molecule has 1 aliphatic rings. The van der Waals surface area contributed by atoms with Gasteiger partial charge in [-0.1, -0.05) is 23.2 Å². The number of carbonyl (C=O) groups excluding carboxylic acids is 2. The van der Waals surface area contributed by atoms with Gasteiger partial charge in [0.05, 0.1) is 10.0 Å². The van der Waals surface area contributed by atoms with Crippen LogP contribution in [-0.2, 0) is 9.59 Å². The lowest BCUT2D eigenvalue weighted by Crippen LogP contribution is -2.31. The maximum Gasteiger partial charge on any atom is 0.262 e. The molecule has 0 aromatic carbocycles. The largest absolute Gasteiger partial charge is 0.269 e. The molecule has 0 bridgehead atoms. The molecule has 0 N–H and O–H groups in total. The normalized spacial score (nSPS) is 15.7. The summed E-state index contributed by atoms with van der Waals surface area (Å²) in [6.45, 7) is 1.56. The van der Waals surface area contributed by atoms with Gasteiger partial charge in [-0.15, -0.1) is 0 Å². The minimum absolute atomic E-state index is 0.106. The van der Waals surface area contributed by atoms with Crippen LogP contribution in [0.4, 0.5) is 5.82 Å². The average molecular weight is 257 g/mol. The van der Waals surface area contributed by atoms with Crippen molar-refractivity contribution in [3.05, 3.63) is 34.0 Å². The van der Waals surface area contributed by atoms with Gasteiger partial charge >= 0.3 is 0 Å². The zero-order chi connectivity index (χ0) is 11.9. The third-order valence-electron chi connectivity index (χ3n) is 2.10. The SMILES string of the molecule is CC1=CC(=O)N(c2ncc(Cl)cc2Cl)C1=O. The van der Waals surface area contributed by atoms with E-state index in [0.717, 1.165) is 4.90 Å². The van der Waals surface area contributed by atoms with E-state index in [4.69, 9.17) is 23.2 Å². The summed E-state index contributed by atoms with van der Waals surface area (Å²) >= 11 is 11.5. The van der Waals surface area contributed by atoms with Gasteiger partial charge in [-0.3, -0.25) is 9.59 Å². The number of halogens is 2. The Labute approximate surface area is 101 Å². The molecule has 82 valence electrons. The van der Waals surface area contributed by atoms with Crippen LogP contribution in [0.3, 0.4) is 0 Å². The van der Waals surface area contributed by atoms with Crippen LogP contribution in [0, 0.1) is 0 Å². The van der Waals surface area contributed by atoms with Crippen LogP contribution >= 0.6 is 23.2 Å². The number of rotatable bonds is 1. The molecule has 0 saturated heterocycles. The Morgan fingerprint density at radius 1 is 1.31 bits per heavy atom. The van der Waals surface area contributed by atoms with Gasteiger partial charge in [0.25, 0.3) is 11.8 Å². The van der Waals surface area contributed by atoms with Crippen LogP contribution in [0.1, 0.15) is 6.92 Å². The van der Waals surface area contributed by atoms with Crippen molar-refractivity contribution in [2.45, 2.75) is 6.92 Å². The molecule has 0 aliphatic carbocycles. The number of hydrogen-bond acceptors (Lipinski definition) is 3. The molecule has 0 saturated carbocycles. The van der Waals surface area contributed by atoms with E-state index in [2.05, 4.69) is 4.98 Å². The smallest absolute Gasteiger partial charge is 0.262 e. The van der Waals surface area contributed by atoms with Gasteiger partial charge in [0.2, 0.25) is 0 Å². The standard InChI is InChI=1S/C10H6Cl2N2O2/c1-5-2-8(15)14(10(5)16)9-7(12)3-6(11)4-13-9/h2-4H,1H3. The van der Waals surface area contributed by atoms with Gasteiger partial charge in [0.1, 0.15) is 0 Å². The quantitative estimate of drug-likeness (QED) is 0.724. The highest BCUT2D eigenvalue weighted by atomic mass is 35.5. The molecule has 2 amide bonds. The van der Waals surface area contributed by atoms with E-state index in [0.29, 0.717) is 10.6 Å². The van der Waals surface area contributed by atoms with Gasteiger partial charge in [-0.2, -0.15) is 0 Å². The lowest BCUT2D eigenvalue weighted by Gasteiger charge is -2.14. The number of carbonyl (C=O) groups is 2. The van der Waals surface area contributed by atoms with E-state index in [-0.39, 0.29) is 10.8 Å². The Morgan fingerprint density at radius 2 is 2.00 bits per heavy atom. The Balaban J connectivity index is 2.47. The summed E-state index contributed by atoms with van der Waals surface area (Å²) in [5.74, 6) is -0.755. The summed E-state index contributed by atoms with van der Waals surface area (Å²) in [6.07, 6.45) is 2.58. The summed E-state index contributed by atoms with van der Waals surface area (Å²) in [7, 11) is 0. The molecule has 0 fully saturated rings. The first kappa shape index (κ1) is 11.1. The first-order valence-corrected chi connectivity index (χ1v) is 5.14. The lowest BCUT2D eigenvalue weighted by atomic mass is 10.3. The number of hydrogen-bond donors (Lipinski definition) is 0. The van der Waals surface area contributed by atoms with E-state index in [1.165, 1.54) is 18.3 Å². The van der Waals surface area contributed by atoms with Crippen molar-refractivity contribution in [3.63, 3.8) is 0 Å². The fourth-order valence-electron chi connectivity index (χ4n) is 1.36. The number of imide groups is 1. The monoisotopic (exact) mass is 256 g/mol. The molecule has 0 atom stereocenters. The predicted octanol–water partition coefficient (Wildman–Crippen LogP) is 2.21. The van der Waals surface area contributed by atoms with E-state index in [1.807, 2.05) is 0 Å². The highest BCUT2D eigenvalue weighted by Crippen LogP contribution is 2.29. The van der Waals surface area contributed by atoms with Crippen molar-refractivity contribution in [2.75, 3.05) is 4.90 Å². The molecular formula is C10H6Cl2N2O2. The zero-order valence-electron chi connectivity index (χ0n) is 8.20. The maximum atomic E-state index is 11.7. The number of amides is 2. The van der Waals surface area contributed by atoms with Gasteiger partial charge in [0, 0.05) is 17.8 Å². The molecule has 6 heteroatoms. The minimum Gasteiger partial charge on any atom is -0.269 e. The molecule has 1 aliphatic heterocycles. The Hall–Kier alpha value is -1.39. The number of nitrogens with zero attached hydrogens (tertiary/aromatic N) is 2. The van der Waals surface area contributed by atoms with Crippen molar-refractivity contribution in [1.29, 1.82) is 0 Å². The Morgan fingerprint density at radius 3 is 2.50 bits per heavy atom. The Kier molecular flexibility index (Phi) is 2.69. The molecule has 0 radical (unpaired) electrons. The second-order valence-electron chi connectivity index (χ2n) is 3.27. The van der Waals surface area contributed by atoms with Crippen molar-refractivity contribution in [3.8, 4) is 0 Å². The second kappa shape index (κ2) is 3.88. The minimum atomic E-state index is -0.445. The van der Waals surface area contributed by atoms with Crippen LogP contribution in [0.5, 0.6) is 0 Å². The zero-order valence-corrected chi connectivity index (χ0v) is 9.71. The first-order chi connectivity index (χ1) is 7.50.